The topological polar surface area (TPSA) is 147 Å². The summed E-state index contributed by atoms with van der Waals surface area (Å²) in [5.41, 5.74) is 1.30. The van der Waals surface area contributed by atoms with Gasteiger partial charge in [0.2, 0.25) is 5.95 Å². The van der Waals surface area contributed by atoms with Crippen LogP contribution in [0.4, 0.5) is 27.8 Å². The molecule has 0 unspecified atom stereocenters. The third kappa shape index (κ3) is 6.43. The van der Waals surface area contributed by atoms with Crippen molar-refractivity contribution in [1.82, 2.24) is 24.9 Å². The number of amides is 1. The molecule has 1 amide bonds. The number of piperazine rings is 1. The van der Waals surface area contributed by atoms with E-state index < -0.39 is 22.0 Å². The lowest BCUT2D eigenvalue weighted by atomic mass is 10.1. The van der Waals surface area contributed by atoms with Crippen LogP contribution >= 0.6 is 0 Å². The molecule has 1 N–H and O–H groups in total. The van der Waals surface area contributed by atoms with Gasteiger partial charge in [0.15, 0.2) is 11.6 Å². The Hall–Kier alpha value is -4.76. The minimum absolute atomic E-state index is 0.0718. The molecule has 3 aromatic heterocycles. The van der Waals surface area contributed by atoms with Crippen LogP contribution in [-0.4, -0.2) is 84.1 Å². The number of aromatic nitrogens is 5. The lowest BCUT2D eigenvalue weighted by molar-refractivity contribution is 0.102. The number of hydrogen-bond acceptors (Lipinski definition) is 12. The largest absolute Gasteiger partial charge is 0.351 e. The van der Waals surface area contributed by atoms with Crippen molar-refractivity contribution in [1.29, 1.82) is 0 Å². The highest BCUT2D eigenvalue weighted by atomic mass is 32.2. The lowest BCUT2D eigenvalue weighted by Gasteiger charge is -2.40. The molecule has 0 bridgehead atoms. The summed E-state index contributed by atoms with van der Waals surface area (Å²) in [5, 5.41) is 2.73. The second kappa shape index (κ2) is 12.1. The fourth-order valence-electron chi connectivity index (χ4n) is 5.00. The van der Waals surface area contributed by atoms with Crippen LogP contribution < -0.4 is 20.0 Å². The summed E-state index contributed by atoms with van der Waals surface area (Å²) in [4.78, 5) is 40.2. The van der Waals surface area contributed by atoms with Crippen molar-refractivity contribution < 1.29 is 21.8 Å². The Labute approximate surface area is 253 Å². The van der Waals surface area contributed by atoms with Gasteiger partial charge in [0.25, 0.3) is 16.0 Å². The maximum Gasteiger partial charge on any atom is 0.297 e. The monoisotopic (exact) mass is 619 g/mol. The molecule has 13 nitrogen and oxygen atoms in total. The van der Waals surface area contributed by atoms with E-state index in [2.05, 4.69) is 35.1 Å². The Morgan fingerprint density at radius 2 is 1.59 bits per heavy atom. The number of carbonyl (C=O) groups is 1. The fourth-order valence-corrected chi connectivity index (χ4v) is 6.06. The van der Waals surface area contributed by atoms with Crippen LogP contribution in [0.1, 0.15) is 22.8 Å². The van der Waals surface area contributed by atoms with Crippen molar-refractivity contribution >= 4 is 39.4 Å². The molecule has 0 radical (unpaired) electrons. The maximum atomic E-state index is 13.2. The standard InChI is InChI=1S/C29H30FN9O4S/c1-19-3-6-24(7-4-19)44(41,42)43-23-17-38(18-23)26-8-5-21(11-32-26)28(40)36-25-14-33-27(15-31-25)39-10-9-37(16-20(39)2)29-34-12-22(30)13-35-29/h3-8,11-15,20,23H,9-10,16-18H2,1-2H3,(H,31,36,40)/t20-/m1/s1. The van der Waals surface area contributed by atoms with Gasteiger partial charge >= 0.3 is 0 Å². The lowest BCUT2D eigenvalue weighted by Crippen LogP contribution is -2.53. The summed E-state index contributed by atoms with van der Waals surface area (Å²) in [7, 11) is -3.85. The smallest absolute Gasteiger partial charge is 0.297 e. The van der Waals surface area contributed by atoms with Crippen LogP contribution in [0.5, 0.6) is 0 Å². The average molecular weight is 620 g/mol. The Kier molecular flexibility index (Phi) is 8.05. The second-order valence-corrected chi connectivity index (χ2v) is 12.3. The van der Waals surface area contributed by atoms with E-state index in [0.29, 0.717) is 61.7 Å². The van der Waals surface area contributed by atoms with Crippen LogP contribution in [0.2, 0.25) is 0 Å². The van der Waals surface area contributed by atoms with Gasteiger partial charge in [-0.25, -0.2) is 29.3 Å². The van der Waals surface area contributed by atoms with Gasteiger partial charge in [-0.15, -0.1) is 0 Å². The first-order chi connectivity index (χ1) is 21.1. The molecular formula is C29H30FN9O4S. The zero-order valence-corrected chi connectivity index (χ0v) is 24.9. The Bertz CT molecular complexity index is 1720. The highest BCUT2D eigenvalue weighted by Gasteiger charge is 2.33. The van der Waals surface area contributed by atoms with Crippen LogP contribution in [0.15, 0.2) is 72.3 Å². The van der Waals surface area contributed by atoms with Crippen molar-refractivity contribution in [2.75, 3.05) is 52.7 Å². The first-order valence-corrected chi connectivity index (χ1v) is 15.4. The number of nitrogens with one attached hydrogen (secondary N) is 1. The molecule has 44 heavy (non-hydrogen) atoms. The van der Waals surface area contributed by atoms with Gasteiger partial charge in [0.05, 0.1) is 35.2 Å². The maximum absolute atomic E-state index is 13.2. The number of benzene rings is 1. The molecular weight excluding hydrogens is 589 g/mol. The highest BCUT2D eigenvalue weighted by Crippen LogP contribution is 2.25. The van der Waals surface area contributed by atoms with Gasteiger partial charge in [-0.1, -0.05) is 17.7 Å². The molecule has 2 fully saturated rings. The number of carbonyl (C=O) groups excluding carboxylic acids is 1. The summed E-state index contributed by atoms with van der Waals surface area (Å²) in [5.74, 6) is 1.20. The van der Waals surface area contributed by atoms with Crippen molar-refractivity contribution in [3.8, 4) is 0 Å². The van der Waals surface area contributed by atoms with Crippen LogP contribution in [0.3, 0.4) is 0 Å². The number of rotatable bonds is 8. The summed E-state index contributed by atoms with van der Waals surface area (Å²) in [6.45, 7) is 6.56. The van der Waals surface area contributed by atoms with Gasteiger partial charge < -0.3 is 20.0 Å². The van der Waals surface area contributed by atoms with Crippen molar-refractivity contribution in [2.24, 2.45) is 0 Å². The SMILES string of the molecule is Cc1ccc(S(=O)(=O)OC2CN(c3ccc(C(=O)Nc4cnc(N5CCN(c6ncc(F)cn6)C[C@H]5C)cn4)cn3)C2)cc1. The summed E-state index contributed by atoms with van der Waals surface area (Å²) in [6.07, 6.45) is 6.40. The molecule has 1 atom stereocenters. The fraction of sp³-hybridized carbons (Fsp3) is 0.310. The summed E-state index contributed by atoms with van der Waals surface area (Å²) in [6, 6.07) is 9.93. The number of nitrogens with zero attached hydrogens (tertiary/aromatic N) is 8. The third-order valence-corrected chi connectivity index (χ3v) is 8.82. The predicted octanol–water partition coefficient (Wildman–Crippen LogP) is 2.67. The summed E-state index contributed by atoms with van der Waals surface area (Å²) < 4.78 is 43.6. The van der Waals surface area contributed by atoms with Gasteiger partial charge in [-0.2, -0.15) is 8.42 Å². The molecule has 228 valence electrons. The molecule has 6 rings (SSSR count). The molecule has 1 aromatic carbocycles. The quantitative estimate of drug-likeness (QED) is 0.289. The minimum Gasteiger partial charge on any atom is -0.351 e. The number of halogens is 1. The minimum atomic E-state index is -3.85. The highest BCUT2D eigenvalue weighted by molar-refractivity contribution is 7.86. The van der Waals surface area contributed by atoms with E-state index in [-0.39, 0.29) is 16.8 Å². The molecule has 2 aliphatic rings. The first-order valence-electron chi connectivity index (χ1n) is 14.0. The van der Waals surface area contributed by atoms with Crippen LogP contribution in [-0.2, 0) is 14.3 Å². The van der Waals surface area contributed by atoms with E-state index >= 15 is 0 Å². The Morgan fingerprint density at radius 1 is 0.864 bits per heavy atom. The van der Waals surface area contributed by atoms with Crippen molar-refractivity contribution in [2.45, 2.75) is 30.9 Å². The average Bonchev–Trinajstić information content (AvgIpc) is 3.00. The van der Waals surface area contributed by atoms with E-state index in [9.17, 15) is 17.6 Å². The van der Waals surface area contributed by atoms with Crippen LogP contribution in [0.25, 0.3) is 0 Å². The zero-order valence-electron chi connectivity index (χ0n) is 24.0. The first kappa shape index (κ1) is 29.3. The molecule has 0 spiro atoms. The van der Waals surface area contributed by atoms with E-state index in [1.807, 2.05) is 23.6 Å². The second-order valence-electron chi connectivity index (χ2n) is 10.7. The van der Waals surface area contributed by atoms with E-state index in [0.717, 1.165) is 18.0 Å². The zero-order chi connectivity index (χ0) is 30.8. The van der Waals surface area contributed by atoms with Gasteiger partial charge in [-0.3, -0.25) is 8.98 Å². The van der Waals surface area contributed by atoms with Gasteiger partial charge in [0, 0.05) is 45.0 Å². The third-order valence-electron chi connectivity index (χ3n) is 7.45. The molecule has 0 aliphatic carbocycles. The number of pyridine rings is 1. The number of aryl methyl sites for hydroxylation is 1. The molecule has 15 heteroatoms. The van der Waals surface area contributed by atoms with Gasteiger partial charge in [-0.05, 0) is 38.1 Å². The van der Waals surface area contributed by atoms with Crippen molar-refractivity contribution in [3.63, 3.8) is 0 Å². The Morgan fingerprint density at radius 3 is 2.23 bits per heavy atom. The molecule has 2 saturated heterocycles. The molecule has 4 aromatic rings. The number of hydrogen-bond donors (Lipinski definition) is 1. The predicted molar refractivity (Wildman–Crippen MR) is 161 cm³/mol. The molecule has 0 saturated carbocycles. The number of anilines is 4. The summed E-state index contributed by atoms with van der Waals surface area (Å²) >= 11 is 0. The molecule has 5 heterocycles. The Balaban J connectivity index is 0.989. The van der Waals surface area contributed by atoms with E-state index in [1.165, 1.54) is 24.5 Å². The molecule has 2 aliphatic heterocycles. The van der Waals surface area contributed by atoms with Gasteiger partial charge in [0.1, 0.15) is 17.7 Å². The van der Waals surface area contributed by atoms with E-state index in [1.54, 1.807) is 30.5 Å². The van der Waals surface area contributed by atoms with Crippen molar-refractivity contribution in [3.05, 3.63) is 84.3 Å². The van der Waals surface area contributed by atoms with Crippen LogP contribution in [0, 0.1) is 12.7 Å². The van der Waals surface area contributed by atoms with E-state index in [4.69, 9.17) is 4.18 Å². The normalized spacial score (nSPS) is 17.3.